The van der Waals surface area contributed by atoms with E-state index in [0.717, 1.165) is 127 Å². The molecule has 512 valence electrons. The molecule has 3 unspecified atom stereocenters. The summed E-state index contributed by atoms with van der Waals surface area (Å²) in [4.78, 5) is 72.3. The largest absolute Gasteiger partial charge is 0.472 e. The zero-order valence-corrected chi connectivity index (χ0v) is 57.7. The van der Waals surface area contributed by atoms with Crippen LogP contribution in [0.25, 0.3) is 0 Å². The molecular formula is C68H128O17P2. The van der Waals surface area contributed by atoms with Crippen LogP contribution >= 0.6 is 15.6 Å². The minimum Gasteiger partial charge on any atom is -0.462 e. The van der Waals surface area contributed by atoms with Crippen LogP contribution in [0.2, 0.25) is 0 Å². The molecule has 0 aromatic rings. The Kier molecular flexibility index (Phi) is 57.0. The van der Waals surface area contributed by atoms with Gasteiger partial charge in [0.05, 0.1) is 26.4 Å². The van der Waals surface area contributed by atoms with Crippen LogP contribution in [0.4, 0.5) is 0 Å². The summed E-state index contributed by atoms with van der Waals surface area (Å²) in [7, 11) is -9.91. The number of aliphatic hydroxyl groups is 1. The smallest absolute Gasteiger partial charge is 0.462 e. The van der Waals surface area contributed by atoms with Gasteiger partial charge in [0.2, 0.25) is 0 Å². The fourth-order valence-corrected chi connectivity index (χ4v) is 11.2. The molecule has 0 rings (SSSR count). The first-order valence-corrected chi connectivity index (χ1v) is 37.7. The van der Waals surface area contributed by atoms with Gasteiger partial charge in [-0.3, -0.25) is 37.3 Å². The Morgan fingerprint density at radius 1 is 0.379 bits per heavy atom. The first kappa shape index (κ1) is 84.5. The summed E-state index contributed by atoms with van der Waals surface area (Å²) in [6.07, 6.45) is 44.1. The maximum absolute atomic E-state index is 13.0. The van der Waals surface area contributed by atoms with E-state index in [1.54, 1.807) is 0 Å². The van der Waals surface area contributed by atoms with Gasteiger partial charge in [-0.2, -0.15) is 0 Å². The van der Waals surface area contributed by atoms with Crippen molar-refractivity contribution in [3.05, 3.63) is 24.3 Å². The first-order chi connectivity index (χ1) is 41.8. The number of aliphatic hydroxyl groups excluding tert-OH is 1. The van der Waals surface area contributed by atoms with Crippen LogP contribution in [-0.4, -0.2) is 96.7 Å². The molecule has 0 aromatic heterocycles. The molecule has 17 nitrogen and oxygen atoms in total. The normalized spacial score (nSPS) is 14.8. The molecule has 0 aliphatic carbocycles. The van der Waals surface area contributed by atoms with Crippen molar-refractivity contribution in [2.75, 3.05) is 39.6 Å². The molecule has 0 heterocycles. The first-order valence-electron chi connectivity index (χ1n) is 34.7. The Morgan fingerprint density at radius 3 is 1.02 bits per heavy atom. The molecule has 0 aromatic carbocycles. The summed E-state index contributed by atoms with van der Waals surface area (Å²) in [6.45, 7) is 11.6. The van der Waals surface area contributed by atoms with Gasteiger partial charge >= 0.3 is 39.5 Å². The van der Waals surface area contributed by atoms with Crippen LogP contribution in [0.3, 0.4) is 0 Å². The predicted octanol–water partition coefficient (Wildman–Crippen LogP) is 18.6. The maximum atomic E-state index is 13.0. The Morgan fingerprint density at radius 2 is 0.678 bits per heavy atom. The Balaban J connectivity index is 5.28. The van der Waals surface area contributed by atoms with E-state index < -0.39 is 97.5 Å². The predicted molar refractivity (Wildman–Crippen MR) is 349 cm³/mol. The molecule has 0 bridgehead atoms. The van der Waals surface area contributed by atoms with Crippen molar-refractivity contribution in [1.29, 1.82) is 0 Å². The monoisotopic (exact) mass is 1280 g/mol. The number of rotatable bonds is 64. The van der Waals surface area contributed by atoms with Crippen LogP contribution in [0, 0.1) is 17.8 Å². The number of hydrogen-bond acceptors (Lipinski definition) is 15. The third-order valence-corrected chi connectivity index (χ3v) is 17.3. The van der Waals surface area contributed by atoms with Crippen LogP contribution < -0.4 is 0 Å². The van der Waals surface area contributed by atoms with E-state index in [4.69, 9.17) is 37.0 Å². The van der Waals surface area contributed by atoms with Crippen LogP contribution in [0.15, 0.2) is 24.3 Å². The topological polar surface area (TPSA) is 237 Å². The van der Waals surface area contributed by atoms with Gasteiger partial charge in [0, 0.05) is 25.7 Å². The van der Waals surface area contributed by atoms with Crippen molar-refractivity contribution >= 4 is 39.5 Å². The van der Waals surface area contributed by atoms with Gasteiger partial charge in [-0.05, 0) is 69.1 Å². The molecule has 0 aliphatic rings. The zero-order valence-electron chi connectivity index (χ0n) is 56.0. The van der Waals surface area contributed by atoms with Crippen LogP contribution in [-0.2, 0) is 65.4 Å². The lowest BCUT2D eigenvalue weighted by atomic mass is 10.00. The van der Waals surface area contributed by atoms with E-state index in [-0.39, 0.29) is 25.7 Å². The van der Waals surface area contributed by atoms with E-state index in [2.05, 4.69) is 72.8 Å². The maximum Gasteiger partial charge on any atom is 0.472 e. The number of unbranched alkanes of at least 4 members (excludes halogenated alkanes) is 28. The molecule has 3 N–H and O–H groups in total. The van der Waals surface area contributed by atoms with Crippen molar-refractivity contribution in [3.63, 3.8) is 0 Å². The molecule has 0 fully saturated rings. The fraction of sp³-hybridized carbons (Fsp3) is 0.882. The van der Waals surface area contributed by atoms with Gasteiger partial charge in [-0.1, -0.05) is 259 Å². The molecule has 6 atom stereocenters. The molecule has 0 radical (unpaired) electrons. The molecule has 0 spiro atoms. The van der Waals surface area contributed by atoms with Gasteiger partial charge in [0.1, 0.15) is 19.3 Å². The Hall–Kier alpha value is -2.46. The molecule has 0 saturated heterocycles. The minimum absolute atomic E-state index is 0.0983. The van der Waals surface area contributed by atoms with E-state index in [0.29, 0.717) is 31.6 Å². The SMILES string of the molecule is CCCCCC/C=C\C=C/CCCCCCCC(=O)OC[C@H](COP(=O)(O)OC[C@@H](O)COP(=O)(O)OC[C@@H](COC(=O)CCCCCCCCC(C)C)OC(=O)CCCCCCCCC(C)CC)OC(=O)CCCCCCCCCCCCC(C)C. The molecule has 87 heavy (non-hydrogen) atoms. The third kappa shape index (κ3) is 60.9. The highest BCUT2D eigenvalue weighted by Gasteiger charge is 2.30. The Bertz CT molecular complexity index is 1810. The number of hydrogen-bond donors (Lipinski definition) is 3. The molecule has 0 amide bonds. The number of ether oxygens (including phenoxy) is 4. The van der Waals surface area contributed by atoms with Crippen molar-refractivity contribution in [2.45, 2.75) is 330 Å². The summed E-state index contributed by atoms with van der Waals surface area (Å²) < 4.78 is 68.1. The lowest BCUT2D eigenvalue weighted by molar-refractivity contribution is -0.161. The van der Waals surface area contributed by atoms with Gasteiger partial charge < -0.3 is 33.8 Å². The van der Waals surface area contributed by atoms with Crippen molar-refractivity contribution in [2.24, 2.45) is 17.8 Å². The number of carbonyl (C=O) groups excluding carboxylic acids is 4. The van der Waals surface area contributed by atoms with E-state index in [9.17, 15) is 43.2 Å². The number of phosphoric acid groups is 2. The summed E-state index contributed by atoms with van der Waals surface area (Å²) in [5.74, 6) is -0.0197. The summed E-state index contributed by atoms with van der Waals surface area (Å²) >= 11 is 0. The average molecular weight is 1280 g/mol. The van der Waals surface area contributed by atoms with Crippen molar-refractivity contribution in [3.8, 4) is 0 Å². The molecule has 0 aliphatic heterocycles. The summed E-state index contributed by atoms with van der Waals surface area (Å²) in [5.41, 5.74) is 0. The number of allylic oxidation sites excluding steroid dienone is 4. The van der Waals surface area contributed by atoms with Crippen LogP contribution in [0.5, 0.6) is 0 Å². The Labute approximate surface area is 529 Å². The number of carbonyl (C=O) groups is 4. The molecule has 19 heteroatoms. The minimum atomic E-state index is -4.96. The molecule has 0 saturated carbocycles. The van der Waals surface area contributed by atoms with Gasteiger partial charge in [0.25, 0.3) is 0 Å². The van der Waals surface area contributed by atoms with E-state index in [1.807, 2.05) is 0 Å². The highest BCUT2D eigenvalue weighted by Crippen LogP contribution is 2.45. The quantitative estimate of drug-likeness (QED) is 0.0169. The third-order valence-electron chi connectivity index (χ3n) is 15.4. The highest BCUT2D eigenvalue weighted by molar-refractivity contribution is 7.47. The van der Waals surface area contributed by atoms with Gasteiger partial charge in [0.15, 0.2) is 12.2 Å². The zero-order chi connectivity index (χ0) is 64.5. The van der Waals surface area contributed by atoms with Gasteiger partial charge in [-0.25, -0.2) is 9.13 Å². The van der Waals surface area contributed by atoms with Crippen LogP contribution in [0.1, 0.15) is 312 Å². The standard InChI is InChI=1S/C68H128O17P2/c1-8-10-11-12-13-14-15-16-17-18-19-23-26-35-42-49-65(70)78-55-63(84-67(72)51-44-37-27-24-21-20-22-25-32-39-46-59(3)4)57-82-86(74,75)80-53-62(69)54-81-87(76,77)83-58-64(56-79-66(71)50-43-36-30-28-33-40-47-60(5)6)85-68(73)52-45-38-31-29-34-41-48-61(7)9-2/h14-17,59-64,69H,8-13,18-58H2,1-7H3,(H,74,75)(H,76,77)/b15-14-,17-16-/t61?,62-,63-,64-/m1/s1. The summed E-state index contributed by atoms with van der Waals surface area (Å²) in [6, 6.07) is 0. The molecular weight excluding hydrogens is 1150 g/mol. The average Bonchev–Trinajstić information content (AvgIpc) is 3.68. The number of esters is 4. The van der Waals surface area contributed by atoms with E-state index in [1.165, 1.54) is 96.3 Å². The second-order valence-electron chi connectivity index (χ2n) is 25.1. The van der Waals surface area contributed by atoms with Gasteiger partial charge in [-0.15, -0.1) is 0 Å². The number of phosphoric ester groups is 2. The lowest BCUT2D eigenvalue weighted by Crippen LogP contribution is -2.30. The van der Waals surface area contributed by atoms with Crippen molar-refractivity contribution < 1.29 is 80.2 Å². The fourth-order valence-electron chi connectivity index (χ4n) is 9.61. The summed E-state index contributed by atoms with van der Waals surface area (Å²) in [5, 5.41) is 10.6. The lowest BCUT2D eigenvalue weighted by Gasteiger charge is -2.21. The van der Waals surface area contributed by atoms with Crippen molar-refractivity contribution in [1.82, 2.24) is 0 Å². The highest BCUT2D eigenvalue weighted by atomic mass is 31.2. The van der Waals surface area contributed by atoms with E-state index >= 15 is 0 Å². The second-order valence-corrected chi connectivity index (χ2v) is 28.0. The second kappa shape index (κ2) is 58.6.